The highest BCUT2D eigenvalue weighted by atomic mass is 79.9. The largest absolute Gasteiger partial charge is 0.205 e. The molecule has 14 heavy (non-hydrogen) atoms. The van der Waals surface area contributed by atoms with Crippen LogP contribution >= 0.6 is 27.3 Å². The maximum atomic E-state index is 13.4. The number of rotatable bonds is 2. The first-order chi connectivity index (χ1) is 6.77. The van der Waals surface area contributed by atoms with Crippen LogP contribution in [-0.2, 0) is 11.8 Å². The van der Waals surface area contributed by atoms with Crippen molar-refractivity contribution < 1.29 is 4.39 Å². The zero-order chi connectivity index (χ0) is 10.1. The first kappa shape index (κ1) is 10.1. The second kappa shape index (κ2) is 3.99. The summed E-state index contributed by atoms with van der Waals surface area (Å²) in [5, 5.41) is 3.93. The van der Waals surface area contributed by atoms with Crippen LogP contribution in [0.2, 0.25) is 0 Å². The van der Waals surface area contributed by atoms with Crippen molar-refractivity contribution >= 4 is 37.4 Å². The average Bonchev–Trinajstić information content (AvgIpc) is 2.63. The molecule has 0 unspecified atom stereocenters. The standard InChI is InChI=1S/C11H10BrFS/c1-2-7-3-4-9(13)11-10(7)8(5-12)6-14-11/h3-4,6H,2,5H2,1H3. The Morgan fingerprint density at radius 2 is 2.14 bits per heavy atom. The third-order valence-electron chi connectivity index (χ3n) is 2.36. The molecule has 0 fully saturated rings. The summed E-state index contributed by atoms with van der Waals surface area (Å²) in [5.41, 5.74) is 2.43. The van der Waals surface area contributed by atoms with Gasteiger partial charge in [-0.2, -0.15) is 0 Å². The molecule has 0 aliphatic heterocycles. The summed E-state index contributed by atoms with van der Waals surface area (Å²) in [7, 11) is 0. The number of hydrogen-bond donors (Lipinski definition) is 0. The molecule has 1 aromatic heterocycles. The van der Waals surface area contributed by atoms with Crippen LogP contribution < -0.4 is 0 Å². The first-order valence-corrected chi connectivity index (χ1v) is 6.51. The van der Waals surface area contributed by atoms with Gasteiger partial charge in [0.05, 0.1) is 4.70 Å². The molecule has 0 amide bonds. The highest BCUT2D eigenvalue weighted by molar-refractivity contribution is 9.08. The molecule has 74 valence electrons. The van der Waals surface area contributed by atoms with Crippen molar-refractivity contribution in [1.82, 2.24) is 0 Å². The topological polar surface area (TPSA) is 0 Å². The zero-order valence-electron chi connectivity index (χ0n) is 7.81. The van der Waals surface area contributed by atoms with Gasteiger partial charge in [-0.15, -0.1) is 11.3 Å². The summed E-state index contributed by atoms with van der Waals surface area (Å²) < 4.78 is 14.2. The van der Waals surface area contributed by atoms with Crippen LogP contribution in [0.25, 0.3) is 10.1 Å². The number of thiophene rings is 1. The third kappa shape index (κ3) is 1.48. The molecular formula is C11H10BrFS. The molecule has 3 heteroatoms. The van der Waals surface area contributed by atoms with Gasteiger partial charge in [0, 0.05) is 10.7 Å². The van der Waals surface area contributed by atoms with E-state index in [4.69, 9.17) is 0 Å². The highest BCUT2D eigenvalue weighted by Gasteiger charge is 2.10. The van der Waals surface area contributed by atoms with Gasteiger partial charge in [0.2, 0.25) is 0 Å². The molecular weight excluding hydrogens is 263 g/mol. The highest BCUT2D eigenvalue weighted by Crippen LogP contribution is 2.32. The van der Waals surface area contributed by atoms with Crippen LogP contribution in [-0.4, -0.2) is 0 Å². The maximum Gasteiger partial charge on any atom is 0.141 e. The fourth-order valence-corrected chi connectivity index (χ4v) is 3.33. The monoisotopic (exact) mass is 272 g/mol. The van der Waals surface area contributed by atoms with Crippen LogP contribution in [0, 0.1) is 5.82 Å². The number of halogens is 2. The van der Waals surface area contributed by atoms with E-state index in [0.717, 1.165) is 21.8 Å². The summed E-state index contributed by atoms with van der Waals surface area (Å²) in [5.74, 6) is -0.102. The lowest BCUT2D eigenvalue weighted by molar-refractivity contribution is 0.641. The normalized spacial score (nSPS) is 11.1. The van der Waals surface area contributed by atoms with Crippen molar-refractivity contribution in [2.45, 2.75) is 18.7 Å². The van der Waals surface area contributed by atoms with E-state index >= 15 is 0 Å². The van der Waals surface area contributed by atoms with Crippen molar-refractivity contribution in [2.75, 3.05) is 0 Å². The van der Waals surface area contributed by atoms with Gasteiger partial charge in [-0.3, -0.25) is 0 Å². The van der Waals surface area contributed by atoms with Gasteiger partial charge >= 0.3 is 0 Å². The summed E-state index contributed by atoms with van der Waals surface area (Å²) in [4.78, 5) is 0. The van der Waals surface area contributed by atoms with Crippen molar-refractivity contribution in [3.05, 3.63) is 34.5 Å². The molecule has 0 aliphatic rings. The molecule has 0 bridgehead atoms. The smallest absolute Gasteiger partial charge is 0.141 e. The lowest BCUT2D eigenvalue weighted by Gasteiger charge is -2.02. The van der Waals surface area contributed by atoms with Gasteiger partial charge in [0.15, 0.2) is 0 Å². The van der Waals surface area contributed by atoms with E-state index in [2.05, 4.69) is 22.9 Å². The fraction of sp³-hybridized carbons (Fsp3) is 0.273. The number of benzene rings is 1. The summed E-state index contributed by atoms with van der Waals surface area (Å²) in [6.45, 7) is 2.10. The second-order valence-electron chi connectivity index (χ2n) is 3.16. The van der Waals surface area contributed by atoms with E-state index < -0.39 is 0 Å². The lowest BCUT2D eigenvalue weighted by atomic mass is 10.1. The molecule has 0 nitrogen and oxygen atoms in total. The van der Waals surface area contributed by atoms with Gasteiger partial charge in [0.25, 0.3) is 0 Å². The minimum atomic E-state index is -0.102. The quantitative estimate of drug-likeness (QED) is 0.707. The van der Waals surface area contributed by atoms with Crippen LogP contribution in [0.3, 0.4) is 0 Å². The summed E-state index contributed by atoms with van der Waals surface area (Å²) in [6.07, 6.45) is 0.952. The Labute approximate surface area is 94.9 Å². The van der Waals surface area contributed by atoms with E-state index in [1.165, 1.54) is 22.5 Å². The number of aryl methyl sites for hydroxylation is 1. The number of hydrogen-bond acceptors (Lipinski definition) is 1. The zero-order valence-corrected chi connectivity index (χ0v) is 10.2. The van der Waals surface area contributed by atoms with Gasteiger partial charge in [-0.25, -0.2) is 4.39 Å². The van der Waals surface area contributed by atoms with Crippen molar-refractivity contribution in [3.63, 3.8) is 0 Å². The van der Waals surface area contributed by atoms with Gasteiger partial charge < -0.3 is 0 Å². The summed E-state index contributed by atoms with van der Waals surface area (Å²) >= 11 is 4.92. The Hall–Kier alpha value is -0.410. The van der Waals surface area contributed by atoms with Crippen molar-refractivity contribution in [1.29, 1.82) is 0 Å². The fourth-order valence-electron chi connectivity index (χ4n) is 1.65. The maximum absolute atomic E-state index is 13.4. The molecule has 0 saturated heterocycles. The number of alkyl halides is 1. The Morgan fingerprint density at radius 3 is 2.79 bits per heavy atom. The minimum absolute atomic E-state index is 0.102. The van der Waals surface area contributed by atoms with E-state index in [1.54, 1.807) is 6.07 Å². The Bertz CT molecular complexity index is 462. The van der Waals surface area contributed by atoms with Crippen LogP contribution in [0.1, 0.15) is 18.1 Å². The van der Waals surface area contributed by atoms with E-state index in [-0.39, 0.29) is 5.82 Å². The molecule has 0 radical (unpaired) electrons. The van der Waals surface area contributed by atoms with Crippen molar-refractivity contribution in [2.24, 2.45) is 0 Å². The van der Waals surface area contributed by atoms with Crippen LogP contribution in [0.5, 0.6) is 0 Å². The number of fused-ring (bicyclic) bond motifs is 1. The Kier molecular flexibility index (Phi) is 2.88. The predicted octanol–water partition coefficient (Wildman–Crippen LogP) is 4.50. The molecule has 0 atom stereocenters. The van der Waals surface area contributed by atoms with E-state index in [9.17, 15) is 4.39 Å². The molecule has 0 N–H and O–H groups in total. The van der Waals surface area contributed by atoms with Crippen LogP contribution in [0.4, 0.5) is 4.39 Å². The van der Waals surface area contributed by atoms with Crippen molar-refractivity contribution in [3.8, 4) is 0 Å². The second-order valence-corrected chi connectivity index (χ2v) is 4.60. The third-order valence-corrected chi connectivity index (χ3v) is 4.00. The van der Waals surface area contributed by atoms with E-state index in [0.29, 0.717) is 0 Å². The average molecular weight is 273 g/mol. The molecule has 0 spiro atoms. The Morgan fingerprint density at radius 1 is 1.36 bits per heavy atom. The molecule has 1 heterocycles. The minimum Gasteiger partial charge on any atom is -0.205 e. The van der Waals surface area contributed by atoms with Crippen LogP contribution in [0.15, 0.2) is 17.5 Å². The molecule has 0 aliphatic carbocycles. The van der Waals surface area contributed by atoms with Gasteiger partial charge in [-0.1, -0.05) is 28.9 Å². The van der Waals surface area contributed by atoms with Gasteiger partial charge in [-0.05, 0) is 29.0 Å². The molecule has 2 aromatic rings. The Balaban J connectivity index is 2.82. The van der Waals surface area contributed by atoms with Gasteiger partial charge in [0.1, 0.15) is 5.82 Å². The molecule has 2 rings (SSSR count). The first-order valence-electron chi connectivity index (χ1n) is 4.51. The lowest BCUT2D eigenvalue weighted by Crippen LogP contribution is -1.86. The predicted molar refractivity (Wildman–Crippen MR) is 63.8 cm³/mol. The SMILES string of the molecule is CCc1ccc(F)c2scc(CBr)c12. The molecule has 0 saturated carbocycles. The molecule has 1 aromatic carbocycles. The summed E-state index contributed by atoms with van der Waals surface area (Å²) in [6, 6.07) is 3.45. The van der Waals surface area contributed by atoms with E-state index in [1.807, 2.05) is 11.4 Å².